The molecule has 2 aliphatic rings. The minimum absolute atomic E-state index is 0.184. The Balaban J connectivity index is 1.60. The number of amides is 3. The molecule has 4 rings (SSSR count). The van der Waals surface area contributed by atoms with Crippen LogP contribution in [0.5, 0.6) is 0 Å². The zero-order valence-corrected chi connectivity index (χ0v) is 17.4. The number of halogens is 1. The number of benzene rings is 1. The topological polar surface area (TPSA) is 88.9 Å². The summed E-state index contributed by atoms with van der Waals surface area (Å²) in [5, 5.41) is 7.24. The van der Waals surface area contributed by atoms with Gasteiger partial charge < -0.3 is 14.4 Å². The van der Waals surface area contributed by atoms with Crippen molar-refractivity contribution in [3.8, 4) is 0 Å². The van der Waals surface area contributed by atoms with Gasteiger partial charge in [0.1, 0.15) is 5.82 Å². The van der Waals surface area contributed by atoms with Gasteiger partial charge in [-0.05, 0) is 25.0 Å². The molecule has 162 valence electrons. The molecule has 3 heterocycles. The van der Waals surface area contributed by atoms with Crippen LogP contribution in [0.2, 0.25) is 0 Å². The van der Waals surface area contributed by atoms with Crippen LogP contribution in [0.4, 0.5) is 20.7 Å². The third-order valence-electron chi connectivity index (χ3n) is 5.94. The lowest BCUT2D eigenvalue weighted by Crippen LogP contribution is -2.49. The number of carbonyl (C=O) groups excluding carboxylic acids is 2. The maximum absolute atomic E-state index is 15.1. The van der Waals surface area contributed by atoms with Crippen molar-refractivity contribution in [2.45, 2.75) is 25.6 Å². The van der Waals surface area contributed by atoms with Crippen molar-refractivity contribution >= 4 is 34.3 Å². The molecule has 0 bridgehead atoms. The largest absolute Gasteiger partial charge is 0.369 e. The molecule has 10 heteroatoms. The fraction of sp³-hybridized carbons (Fsp3) is 0.550. The number of imide groups is 1. The normalized spacial score (nSPS) is 18.6. The van der Waals surface area contributed by atoms with Crippen LogP contribution in [0.1, 0.15) is 19.3 Å². The summed E-state index contributed by atoms with van der Waals surface area (Å²) < 4.78 is 27.5. The number of methoxy groups -OCH3 is 2. The van der Waals surface area contributed by atoms with Gasteiger partial charge in [0.15, 0.2) is 12.1 Å². The second-order valence-corrected chi connectivity index (χ2v) is 7.69. The van der Waals surface area contributed by atoms with E-state index in [4.69, 9.17) is 9.47 Å². The number of piperidine rings is 1. The number of aromatic nitrogens is 2. The fourth-order valence-electron chi connectivity index (χ4n) is 4.35. The van der Waals surface area contributed by atoms with Gasteiger partial charge >= 0.3 is 6.03 Å². The maximum Gasteiger partial charge on any atom is 0.329 e. The van der Waals surface area contributed by atoms with E-state index in [0.29, 0.717) is 30.0 Å². The smallest absolute Gasteiger partial charge is 0.329 e. The Kier molecular flexibility index (Phi) is 5.61. The fourth-order valence-corrected chi connectivity index (χ4v) is 4.35. The number of hydrogen-bond acceptors (Lipinski definition) is 6. The van der Waals surface area contributed by atoms with Crippen LogP contribution in [0.3, 0.4) is 0 Å². The first-order chi connectivity index (χ1) is 14.4. The summed E-state index contributed by atoms with van der Waals surface area (Å²) in [6.07, 6.45) is 1.61. The van der Waals surface area contributed by atoms with Gasteiger partial charge in [0.05, 0.1) is 11.2 Å². The molecule has 3 amide bonds. The summed E-state index contributed by atoms with van der Waals surface area (Å²) in [5.41, 5.74) is 1.24. The lowest BCUT2D eigenvalue weighted by atomic mass is 9.95. The Morgan fingerprint density at radius 3 is 2.50 bits per heavy atom. The number of fused-ring (bicyclic) bond motifs is 1. The Labute approximate surface area is 173 Å². The van der Waals surface area contributed by atoms with Crippen LogP contribution >= 0.6 is 0 Å². The van der Waals surface area contributed by atoms with E-state index in [9.17, 15) is 9.59 Å². The molecule has 0 saturated carbocycles. The molecular weight excluding hydrogens is 393 g/mol. The van der Waals surface area contributed by atoms with E-state index >= 15 is 4.39 Å². The van der Waals surface area contributed by atoms with Crippen LogP contribution in [-0.2, 0) is 21.3 Å². The summed E-state index contributed by atoms with van der Waals surface area (Å²) in [7, 11) is 5.02. The van der Waals surface area contributed by atoms with Crippen molar-refractivity contribution in [2.75, 3.05) is 43.7 Å². The number of urea groups is 1. The molecule has 0 aliphatic carbocycles. The van der Waals surface area contributed by atoms with E-state index in [-0.39, 0.29) is 36.9 Å². The van der Waals surface area contributed by atoms with Gasteiger partial charge in [-0.15, -0.1) is 0 Å². The number of aryl methyl sites for hydroxylation is 1. The van der Waals surface area contributed by atoms with Crippen molar-refractivity contribution < 1.29 is 23.5 Å². The highest BCUT2D eigenvalue weighted by Crippen LogP contribution is 2.34. The van der Waals surface area contributed by atoms with Crippen LogP contribution in [0, 0.1) is 11.7 Å². The standard InChI is InChI=1S/C20H26FN5O4/c1-24-15-11-16(25-7-4-12(5-8-25)19(29-2)30-3)14(21)10-13(15)18(23-24)26-9-6-17(27)22-20(26)28/h10-12,19H,4-9H2,1-3H3,(H,22,27,28). The summed E-state index contributed by atoms with van der Waals surface area (Å²) in [6.45, 7) is 1.60. The molecule has 1 N–H and O–H groups in total. The molecule has 2 aromatic rings. The van der Waals surface area contributed by atoms with Crippen LogP contribution < -0.4 is 15.1 Å². The van der Waals surface area contributed by atoms with E-state index in [1.54, 1.807) is 32.0 Å². The van der Waals surface area contributed by atoms with E-state index in [2.05, 4.69) is 10.4 Å². The zero-order chi connectivity index (χ0) is 21.4. The van der Waals surface area contributed by atoms with Gasteiger partial charge in [0.2, 0.25) is 5.91 Å². The highest BCUT2D eigenvalue weighted by atomic mass is 19.1. The lowest BCUT2D eigenvalue weighted by molar-refractivity contribution is -0.141. The molecule has 1 aromatic heterocycles. The van der Waals surface area contributed by atoms with Crippen LogP contribution in [0.15, 0.2) is 12.1 Å². The molecule has 2 saturated heterocycles. The number of rotatable bonds is 5. The molecule has 0 spiro atoms. The van der Waals surface area contributed by atoms with Gasteiger partial charge in [-0.3, -0.25) is 19.7 Å². The first-order valence-corrected chi connectivity index (χ1v) is 10.0. The molecule has 30 heavy (non-hydrogen) atoms. The van der Waals surface area contributed by atoms with Crippen molar-refractivity contribution in [1.82, 2.24) is 15.1 Å². The van der Waals surface area contributed by atoms with Crippen LogP contribution in [0.25, 0.3) is 10.9 Å². The minimum Gasteiger partial charge on any atom is -0.369 e. The Hall–Kier alpha value is -2.72. The van der Waals surface area contributed by atoms with Gasteiger partial charge in [-0.2, -0.15) is 5.10 Å². The molecular formula is C20H26FN5O4. The number of ether oxygens (including phenoxy) is 2. The van der Waals surface area contributed by atoms with Gasteiger partial charge in [-0.25, -0.2) is 9.18 Å². The highest BCUT2D eigenvalue weighted by molar-refractivity contribution is 6.09. The summed E-state index contributed by atoms with van der Waals surface area (Å²) in [5.74, 6) is -0.0624. The Bertz CT molecular complexity index is 966. The number of nitrogens with zero attached hydrogens (tertiary/aromatic N) is 4. The van der Waals surface area contributed by atoms with E-state index in [0.717, 1.165) is 18.4 Å². The summed E-state index contributed by atoms with van der Waals surface area (Å²) in [4.78, 5) is 27.0. The predicted octanol–water partition coefficient (Wildman–Crippen LogP) is 1.99. The van der Waals surface area contributed by atoms with Crippen molar-refractivity contribution in [1.29, 1.82) is 0 Å². The van der Waals surface area contributed by atoms with E-state index < -0.39 is 6.03 Å². The predicted molar refractivity (Wildman–Crippen MR) is 109 cm³/mol. The summed E-state index contributed by atoms with van der Waals surface area (Å²) in [6, 6.07) is 2.66. The van der Waals surface area contributed by atoms with Crippen molar-refractivity contribution in [3.63, 3.8) is 0 Å². The number of anilines is 2. The van der Waals surface area contributed by atoms with E-state index in [1.807, 2.05) is 4.90 Å². The molecule has 0 atom stereocenters. The van der Waals surface area contributed by atoms with Gasteiger partial charge in [0.25, 0.3) is 0 Å². The number of carbonyl (C=O) groups is 2. The maximum atomic E-state index is 15.1. The average molecular weight is 419 g/mol. The summed E-state index contributed by atoms with van der Waals surface area (Å²) >= 11 is 0. The minimum atomic E-state index is -0.538. The van der Waals surface area contributed by atoms with Gasteiger partial charge in [0, 0.05) is 58.6 Å². The molecule has 2 aliphatic heterocycles. The Morgan fingerprint density at radius 2 is 1.87 bits per heavy atom. The second kappa shape index (κ2) is 8.19. The number of nitrogens with one attached hydrogen (secondary N) is 1. The van der Waals surface area contributed by atoms with Crippen molar-refractivity contribution in [3.05, 3.63) is 17.9 Å². The number of hydrogen-bond donors (Lipinski definition) is 1. The first kappa shape index (κ1) is 20.5. The van der Waals surface area contributed by atoms with E-state index in [1.165, 1.54) is 11.0 Å². The third-order valence-corrected chi connectivity index (χ3v) is 5.94. The molecule has 9 nitrogen and oxygen atoms in total. The molecule has 0 radical (unpaired) electrons. The SMILES string of the molecule is COC(OC)C1CCN(c2cc3c(cc2F)c(N2CCC(=O)NC2=O)nn3C)CC1. The molecule has 2 fully saturated rings. The lowest BCUT2D eigenvalue weighted by Gasteiger charge is -2.36. The second-order valence-electron chi connectivity index (χ2n) is 7.69. The third kappa shape index (κ3) is 3.61. The van der Waals surface area contributed by atoms with Crippen LogP contribution in [-0.4, -0.2) is 61.9 Å². The van der Waals surface area contributed by atoms with Gasteiger partial charge in [-0.1, -0.05) is 0 Å². The molecule has 0 unspecified atom stereocenters. The molecule has 1 aromatic carbocycles. The Morgan fingerprint density at radius 1 is 1.17 bits per heavy atom. The van der Waals surface area contributed by atoms with Crippen molar-refractivity contribution in [2.24, 2.45) is 13.0 Å². The average Bonchev–Trinajstić information content (AvgIpc) is 3.04. The first-order valence-electron chi connectivity index (χ1n) is 10.0. The highest BCUT2D eigenvalue weighted by Gasteiger charge is 2.30. The zero-order valence-electron chi connectivity index (χ0n) is 17.4. The quantitative estimate of drug-likeness (QED) is 0.746. The monoisotopic (exact) mass is 419 g/mol.